The van der Waals surface area contributed by atoms with Crippen molar-refractivity contribution in [1.82, 2.24) is 0 Å². The standard InChI is InChI=1S/C18H28O/c1-15(19)14-17(16-10-6-5-7-11-16)12-8-9-13-18(2,3)4/h5-7,10-11,17H,8-9,12-14H2,1-4H3. The van der Waals surface area contributed by atoms with Gasteiger partial charge in [0, 0.05) is 6.42 Å². The second-order valence-corrected chi connectivity index (χ2v) is 6.82. The monoisotopic (exact) mass is 260 g/mol. The summed E-state index contributed by atoms with van der Waals surface area (Å²) in [4.78, 5) is 11.4. The smallest absolute Gasteiger partial charge is 0.130 e. The van der Waals surface area contributed by atoms with Gasteiger partial charge in [0.25, 0.3) is 0 Å². The molecule has 0 N–H and O–H groups in total. The summed E-state index contributed by atoms with van der Waals surface area (Å²) in [6.07, 6.45) is 5.53. The van der Waals surface area contributed by atoms with Gasteiger partial charge in [0.2, 0.25) is 0 Å². The summed E-state index contributed by atoms with van der Waals surface area (Å²) in [5.74, 6) is 0.698. The molecule has 0 heterocycles. The molecule has 106 valence electrons. The third-order valence-electron chi connectivity index (χ3n) is 3.53. The molecule has 0 spiro atoms. The van der Waals surface area contributed by atoms with E-state index in [0.29, 0.717) is 23.5 Å². The highest BCUT2D eigenvalue weighted by molar-refractivity contribution is 5.76. The Morgan fingerprint density at radius 2 is 1.74 bits per heavy atom. The van der Waals surface area contributed by atoms with Crippen molar-refractivity contribution in [3.8, 4) is 0 Å². The second-order valence-electron chi connectivity index (χ2n) is 6.82. The number of benzene rings is 1. The maximum Gasteiger partial charge on any atom is 0.130 e. The molecule has 0 fully saturated rings. The van der Waals surface area contributed by atoms with E-state index in [-0.39, 0.29) is 0 Å². The lowest BCUT2D eigenvalue weighted by molar-refractivity contribution is -0.117. The van der Waals surface area contributed by atoms with E-state index in [4.69, 9.17) is 0 Å². The lowest BCUT2D eigenvalue weighted by atomic mass is 9.86. The van der Waals surface area contributed by atoms with Crippen LogP contribution in [0.5, 0.6) is 0 Å². The van der Waals surface area contributed by atoms with E-state index >= 15 is 0 Å². The Morgan fingerprint density at radius 3 is 2.26 bits per heavy atom. The molecule has 1 aromatic carbocycles. The molecule has 1 atom stereocenters. The Kier molecular flexibility index (Phi) is 6.27. The minimum Gasteiger partial charge on any atom is -0.300 e. The van der Waals surface area contributed by atoms with Crippen molar-refractivity contribution >= 4 is 5.78 Å². The first-order chi connectivity index (χ1) is 8.88. The van der Waals surface area contributed by atoms with Gasteiger partial charge >= 0.3 is 0 Å². The minimum absolute atomic E-state index is 0.296. The number of carbonyl (C=O) groups is 1. The van der Waals surface area contributed by atoms with Crippen molar-refractivity contribution in [3.63, 3.8) is 0 Å². The van der Waals surface area contributed by atoms with Gasteiger partial charge in [0.1, 0.15) is 5.78 Å². The van der Waals surface area contributed by atoms with Crippen LogP contribution in [-0.4, -0.2) is 5.78 Å². The molecule has 1 nitrogen and oxygen atoms in total. The van der Waals surface area contributed by atoms with E-state index in [1.165, 1.54) is 24.8 Å². The number of unbranched alkanes of at least 4 members (excludes halogenated alkanes) is 1. The number of hydrogen-bond donors (Lipinski definition) is 0. The molecule has 1 unspecified atom stereocenters. The minimum atomic E-state index is 0.296. The quantitative estimate of drug-likeness (QED) is 0.603. The van der Waals surface area contributed by atoms with Gasteiger partial charge in [-0.2, -0.15) is 0 Å². The predicted octanol–water partition coefficient (Wildman–Crippen LogP) is 5.36. The number of hydrogen-bond acceptors (Lipinski definition) is 1. The Labute approximate surface area is 118 Å². The summed E-state index contributed by atoms with van der Waals surface area (Å²) >= 11 is 0. The van der Waals surface area contributed by atoms with Gasteiger partial charge in [0.15, 0.2) is 0 Å². The normalized spacial score (nSPS) is 13.3. The molecule has 1 aromatic rings. The SMILES string of the molecule is CC(=O)CC(CCCCC(C)(C)C)c1ccccc1. The van der Waals surface area contributed by atoms with Gasteiger partial charge in [0.05, 0.1) is 0 Å². The van der Waals surface area contributed by atoms with Crippen LogP contribution in [0.15, 0.2) is 30.3 Å². The first-order valence-electron chi connectivity index (χ1n) is 7.43. The Bertz CT molecular complexity index is 372. The average molecular weight is 260 g/mol. The molecule has 0 bridgehead atoms. The lowest BCUT2D eigenvalue weighted by Gasteiger charge is -2.20. The summed E-state index contributed by atoms with van der Waals surface area (Å²) < 4.78 is 0. The summed E-state index contributed by atoms with van der Waals surface area (Å²) in [6.45, 7) is 8.57. The molecule has 0 amide bonds. The van der Waals surface area contributed by atoms with Crippen LogP contribution in [0.2, 0.25) is 0 Å². The van der Waals surface area contributed by atoms with Crippen LogP contribution in [0, 0.1) is 5.41 Å². The zero-order valence-electron chi connectivity index (χ0n) is 12.9. The maximum atomic E-state index is 11.4. The van der Waals surface area contributed by atoms with Crippen molar-refractivity contribution < 1.29 is 4.79 Å². The summed E-state index contributed by atoms with van der Waals surface area (Å²) in [7, 11) is 0. The van der Waals surface area contributed by atoms with E-state index in [1.54, 1.807) is 6.92 Å². The molecule has 0 aliphatic carbocycles. The average Bonchev–Trinajstić information content (AvgIpc) is 2.32. The van der Waals surface area contributed by atoms with E-state index in [1.807, 2.05) is 6.07 Å². The molecule has 1 rings (SSSR count). The van der Waals surface area contributed by atoms with E-state index in [9.17, 15) is 4.79 Å². The molecule has 19 heavy (non-hydrogen) atoms. The number of ketones is 1. The van der Waals surface area contributed by atoms with Gasteiger partial charge in [-0.25, -0.2) is 0 Å². The fourth-order valence-corrected chi connectivity index (χ4v) is 2.50. The zero-order chi connectivity index (χ0) is 14.3. The largest absolute Gasteiger partial charge is 0.300 e. The summed E-state index contributed by atoms with van der Waals surface area (Å²) in [5, 5.41) is 0. The van der Waals surface area contributed by atoms with Crippen LogP contribution in [0.25, 0.3) is 0 Å². The van der Waals surface area contributed by atoms with E-state index in [0.717, 1.165) is 6.42 Å². The fourth-order valence-electron chi connectivity index (χ4n) is 2.50. The van der Waals surface area contributed by atoms with Crippen LogP contribution in [0.1, 0.15) is 71.3 Å². The van der Waals surface area contributed by atoms with Crippen molar-refractivity contribution in [2.75, 3.05) is 0 Å². The van der Waals surface area contributed by atoms with Crippen LogP contribution in [0.3, 0.4) is 0 Å². The van der Waals surface area contributed by atoms with Crippen LogP contribution >= 0.6 is 0 Å². The van der Waals surface area contributed by atoms with Crippen molar-refractivity contribution in [3.05, 3.63) is 35.9 Å². The third kappa shape index (κ3) is 7.15. The molecule has 0 radical (unpaired) electrons. The summed E-state index contributed by atoms with van der Waals surface area (Å²) in [5.41, 5.74) is 1.73. The van der Waals surface area contributed by atoms with Gasteiger partial charge < -0.3 is 4.79 Å². The van der Waals surface area contributed by atoms with Gasteiger partial charge in [-0.15, -0.1) is 0 Å². The van der Waals surface area contributed by atoms with Gasteiger partial charge in [-0.3, -0.25) is 0 Å². The van der Waals surface area contributed by atoms with E-state index < -0.39 is 0 Å². The zero-order valence-corrected chi connectivity index (χ0v) is 12.9. The molecule has 0 aliphatic rings. The van der Waals surface area contributed by atoms with Gasteiger partial charge in [-0.1, -0.05) is 63.9 Å². The van der Waals surface area contributed by atoms with Crippen molar-refractivity contribution in [2.24, 2.45) is 5.41 Å². The summed E-state index contributed by atoms with van der Waals surface area (Å²) in [6, 6.07) is 10.5. The highest BCUT2D eigenvalue weighted by Gasteiger charge is 2.15. The van der Waals surface area contributed by atoms with E-state index in [2.05, 4.69) is 45.0 Å². The molecule has 0 aliphatic heterocycles. The molecular weight excluding hydrogens is 232 g/mol. The van der Waals surface area contributed by atoms with Crippen molar-refractivity contribution in [2.45, 2.75) is 65.7 Å². The van der Waals surface area contributed by atoms with Crippen LogP contribution in [0.4, 0.5) is 0 Å². The number of rotatable bonds is 7. The predicted molar refractivity (Wildman–Crippen MR) is 82.4 cm³/mol. The third-order valence-corrected chi connectivity index (χ3v) is 3.53. The first-order valence-corrected chi connectivity index (χ1v) is 7.43. The van der Waals surface area contributed by atoms with Gasteiger partial charge in [-0.05, 0) is 36.7 Å². The van der Waals surface area contributed by atoms with Crippen LogP contribution < -0.4 is 0 Å². The topological polar surface area (TPSA) is 17.1 Å². The highest BCUT2D eigenvalue weighted by atomic mass is 16.1. The first kappa shape index (κ1) is 15.9. The molecule has 1 heteroatoms. The number of carbonyl (C=O) groups excluding carboxylic acids is 1. The van der Waals surface area contributed by atoms with Crippen LogP contribution in [-0.2, 0) is 4.79 Å². The molecule has 0 saturated carbocycles. The highest BCUT2D eigenvalue weighted by Crippen LogP contribution is 2.28. The Balaban J connectivity index is 2.50. The molecular formula is C18H28O. The fraction of sp³-hybridized carbons (Fsp3) is 0.611. The lowest BCUT2D eigenvalue weighted by Crippen LogP contribution is -2.07. The Hall–Kier alpha value is -1.11. The Morgan fingerprint density at radius 1 is 1.11 bits per heavy atom. The number of Topliss-reactive ketones (excluding diaryl/α,β-unsaturated/α-hetero) is 1. The maximum absolute atomic E-state index is 11.4. The molecule has 0 aromatic heterocycles. The molecule has 0 saturated heterocycles. The van der Waals surface area contributed by atoms with Crippen molar-refractivity contribution in [1.29, 1.82) is 0 Å². The second kappa shape index (κ2) is 7.47.